The van der Waals surface area contributed by atoms with E-state index in [1.807, 2.05) is 0 Å². The molecule has 8 atom stereocenters. The summed E-state index contributed by atoms with van der Waals surface area (Å²) in [4.78, 5) is 133. The average molecular weight is 951 g/mol. The minimum Gasteiger partial charge on any atom is -0.481 e. The zero-order chi connectivity index (χ0) is 50.8. The van der Waals surface area contributed by atoms with Gasteiger partial charge in [-0.3, -0.25) is 43.2 Å². The molecule has 0 bridgehead atoms. The van der Waals surface area contributed by atoms with Crippen molar-refractivity contribution in [3.8, 4) is 0 Å². The standard InChI is InChI=1S/C47H66N8O13/c1-25(2)37(52-40(60)30(48)24-36(58)59)44(64)51-33(23-29-16-11-8-12-17-29)43(63)50-32(22-28-14-9-7-10-15-28)42(62)49-31(19-20-35(56)57)41(61)53-38(26(3)4)45(65)54-39(27(5)6)46(66)55-21-13-18-34(55)47(67)68/h7-12,14-17,25-27,30-34,37-39H,13,18-24,48H2,1-6H3,(H,49,62)(H,50,63)(H,51,64)(H,52,60)(H,53,61)(H,54,65)(H,56,57)(H,58,59)(H,67,68)/t30-,31-,32-,33-,34-,37-,38-,39-/m0/s1. The van der Waals surface area contributed by atoms with Crippen molar-refractivity contribution in [2.24, 2.45) is 23.5 Å². The monoisotopic (exact) mass is 950 g/mol. The number of hydrogen-bond acceptors (Lipinski definition) is 11. The molecule has 0 aromatic heterocycles. The maximum Gasteiger partial charge on any atom is 0.326 e. The number of aliphatic carboxylic acids is 3. The Kier molecular flexibility index (Phi) is 21.6. The topological polar surface area (TPSA) is 333 Å². The first-order chi connectivity index (χ1) is 32.0. The van der Waals surface area contributed by atoms with Crippen molar-refractivity contribution >= 4 is 59.3 Å². The van der Waals surface area contributed by atoms with E-state index in [-0.39, 0.29) is 25.8 Å². The van der Waals surface area contributed by atoms with Crippen LogP contribution in [-0.2, 0) is 60.8 Å². The van der Waals surface area contributed by atoms with Crippen LogP contribution >= 0.6 is 0 Å². The highest BCUT2D eigenvalue weighted by molar-refractivity contribution is 5.98. The Labute approximate surface area is 395 Å². The van der Waals surface area contributed by atoms with Gasteiger partial charge in [-0.2, -0.15) is 0 Å². The number of rotatable bonds is 26. The van der Waals surface area contributed by atoms with Gasteiger partial charge in [-0.1, -0.05) is 102 Å². The summed E-state index contributed by atoms with van der Waals surface area (Å²) in [6, 6.07) is 6.38. The molecule has 21 heteroatoms. The summed E-state index contributed by atoms with van der Waals surface area (Å²) in [5.74, 6) is -11.3. The van der Waals surface area contributed by atoms with Crippen LogP contribution in [-0.4, -0.2) is 134 Å². The van der Waals surface area contributed by atoms with Crippen LogP contribution in [0.3, 0.4) is 0 Å². The lowest BCUT2D eigenvalue weighted by atomic mass is 9.98. The van der Waals surface area contributed by atoms with E-state index < -0.39 is 145 Å². The number of hydrogen-bond donors (Lipinski definition) is 10. The maximum atomic E-state index is 14.3. The Morgan fingerprint density at radius 1 is 0.559 bits per heavy atom. The number of carboxylic acids is 3. The smallest absolute Gasteiger partial charge is 0.326 e. The van der Waals surface area contributed by atoms with E-state index in [1.54, 1.807) is 102 Å². The SMILES string of the molecule is CC(C)[C@H](NC(=O)[C@H](CCC(=O)O)NC(=O)[C@H](Cc1ccccc1)NC(=O)[C@H](Cc1ccccc1)NC(=O)[C@@H](NC(=O)[C@@H](N)CC(=O)O)C(C)C)C(=O)N[C@H](C(=O)N1CCC[C@H]1C(=O)O)C(C)C. The molecule has 1 aliphatic rings. The highest BCUT2D eigenvalue weighted by Gasteiger charge is 2.40. The Morgan fingerprint density at radius 2 is 0.971 bits per heavy atom. The van der Waals surface area contributed by atoms with E-state index in [4.69, 9.17) is 10.8 Å². The number of nitrogens with two attached hydrogens (primary N) is 1. The van der Waals surface area contributed by atoms with E-state index in [2.05, 4.69) is 31.9 Å². The van der Waals surface area contributed by atoms with Crippen LogP contribution in [0.1, 0.15) is 84.8 Å². The number of amides is 7. The van der Waals surface area contributed by atoms with E-state index >= 15 is 0 Å². The fraction of sp³-hybridized carbons (Fsp3) is 0.532. The summed E-state index contributed by atoms with van der Waals surface area (Å²) in [6.45, 7) is 9.98. The van der Waals surface area contributed by atoms with Gasteiger partial charge < -0.3 is 57.9 Å². The van der Waals surface area contributed by atoms with E-state index in [1.165, 1.54) is 4.90 Å². The summed E-state index contributed by atoms with van der Waals surface area (Å²) < 4.78 is 0. The van der Waals surface area contributed by atoms with Gasteiger partial charge in [0.1, 0.15) is 42.3 Å². The van der Waals surface area contributed by atoms with Gasteiger partial charge in [-0.15, -0.1) is 0 Å². The van der Waals surface area contributed by atoms with Gasteiger partial charge in [0, 0.05) is 25.8 Å². The van der Waals surface area contributed by atoms with Gasteiger partial charge in [0.05, 0.1) is 12.5 Å². The molecular weight excluding hydrogens is 885 g/mol. The number of carbonyl (C=O) groups is 10. The predicted octanol–water partition coefficient (Wildman–Crippen LogP) is 0.0910. The van der Waals surface area contributed by atoms with Crippen molar-refractivity contribution in [1.82, 2.24) is 36.8 Å². The van der Waals surface area contributed by atoms with Crippen LogP contribution in [0, 0.1) is 17.8 Å². The first kappa shape index (κ1) is 55.4. The molecule has 2 aromatic carbocycles. The van der Waals surface area contributed by atoms with Gasteiger partial charge >= 0.3 is 17.9 Å². The molecule has 1 aliphatic heterocycles. The minimum absolute atomic E-state index is 0.0981. The fourth-order valence-corrected chi connectivity index (χ4v) is 7.55. The molecule has 0 spiro atoms. The zero-order valence-electron chi connectivity index (χ0n) is 39.2. The molecule has 21 nitrogen and oxygen atoms in total. The Balaban J connectivity index is 1.93. The Bertz CT molecular complexity index is 2100. The molecular formula is C47H66N8O13. The molecule has 1 fully saturated rings. The van der Waals surface area contributed by atoms with Gasteiger partial charge in [0.25, 0.3) is 0 Å². The highest BCUT2D eigenvalue weighted by Crippen LogP contribution is 2.21. The minimum atomic E-state index is -1.57. The van der Waals surface area contributed by atoms with Crippen molar-refractivity contribution in [2.45, 2.75) is 135 Å². The number of nitrogens with one attached hydrogen (secondary N) is 6. The molecule has 2 aromatic rings. The molecule has 11 N–H and O–H groups in total. The molecule has 3 rings (SSSR count). The van der Waals surface area contributed by atoms with Gasteiger partial charge in [0.2, 0.25) is 41.4 Å². The molecule has 68 heavy (non-hydrogen) atoms. The lowest BCUT2D eigenvalue weighted by molar-refractivity contribution is -0.150. The summed E-state index contributed by atoms with van der Waals surface area (Å²) >= 11 is 0. The predicted molar refractivity (Wildman–Crippen MR) is 246 cm³/mol. The summed E-state index contributed by atoms with van der Waals surface area (Å²) in [6.07, 6.45) is -1.28. The van der Waals surface area contributed by atoms with Crippen molar-refractivity contribution in [3.63, 3.8) is 0 Å². The third-order valence-corrected chi connectivity index (χ3v) is 11.4. The number of benzene rings is 2. The lowest BCUT2D eigenvalue weighted by Gasteiger charge is -2.32. The molecule has 0 aliphatic carbocycles. The summed E-state index contributed by atoms with van der Waals surface area (Å²) in [5.41, 5.74) is 6.91. The normalized spacial score (nSPS) is 16.6. The van der Waals surface area contributed by atoms with E-state index in [9.17, 15) is 58.2 Å². The second kappa shape index (κ2) is 26.4. The summed E-state index contributed by atoms with van der Waals surface area (Å²) in [7, 11) is 0. The quantitative estimate of drug-likeness (QED) is 0.0598. The first-order valence-electron chi connectivity index (χ1n) is 22.6. The first-order valence-corrected chi connectivity index (χ1v) is 22.6. The van der Waals surface area contributed by atoms with Crippen molar-refractivity contribution in [3.05, 3.63) is 71.8 Å². The average Bonchev–Trinajstić information content (AvgIpc) is 3.78. The van der Waals surface area contributed by atoms with Crippen molar-refractivity contribution in [2.75, 3.05) is 6.54 Å². The maximum absolute atomic E-state index is 14.3. The highest BCUT2D eigenvalue weighted by atomic mass is 16.4. The molecule has 0 saturated carbocycles. The van der Waals surface area contributed by atoms with Crippen molar-refractivity contribution < 1.29 is 63.3 Å². The number of nitrogens with zero attached hydrogens (tertiary/aromatic N) is 1. The molecule has 1 saturated heterocycles. The van der Waals surface area contributed by atoms with Crippen molar-refractivity contribution in [1.29, 1.82) is 0 Å². The Hall–Kier alpha value is -6.90. The number of carbonyl (C=O) groups excluding carboxylic acids is 7. The molecule has 1 heterocycles. The van der Waals surface area contributed by atoms with Gasteiger partial charge in [0.15, 0.2) is 0 Å². The second-order valence-electron chi connectivity index (χ2n) is 17.9. The third kappa shape index (κ3) is 17.1. The van der Waals surface area contributed by atoms with E-state index in [0.29, 0.717) is 17.5 Å². The number of likely N-dealkylation sites (tertiary alicyclic amines) is 1. The molecule has 372 valence electrons. The van der Waals surface area contributed by atoms with Crippen LogP contribution in [0.25, 0.3) is 0 Å². The fourth-order valence-electron chi connectivity index (χ4n) is 7.55. The zero-order valence-corrected chi connectivity index (χ0v) is 39.2. The summed E-state index contributed by atoms with van der Waals surface area (Å²) in [5, 5.41) is 44.0. The molecule has 7 amide bonds. The largest absolute Gasteiger partial charge is 0.481 e. The lowest BCUT2D eigenvalue weighted by Crippen LogP contribution is -2.62. The Morgan fingerprint density at radius 3 is 1.41 bits per heavy atom. The van der Waals surface area contributed by atoms with Gasteiger partial charge in [-0.25, -0.2) is 4.79 Å². The van der Waals surface area contributed by atoms with Crippen LogP contribution in [0.4, 0.5) is 0 Å². The van der Waals surface area contributed by atoms with E-state index in [0.717, 1.165) is 0 Å². The van der Waals surface area contributed by atoms with Crippen LogP contribution < -0.4 is 37.6 Å². The van der Waals surface area contributed by atoms with Crippen LogP contribution in [0.15, 0.2) is 60.7 Å². The molecule has 0 unspecified atom stereocenters. The third-order valence-electron chi connectivity index (χ3n) is 11.4. The van der Waals surface area contributed by atoms with Crippen LogP contribution in [0.5, 0.6) is 0 Å². The number of carboxylic acid groups (broad SMARTS) is 3. The van der Waals surface area contributed by atoms with Crippen LogP contribution in [0.2, 0.25) is 0 Å². The molecule has 0 radical (unpaired) electrons. The van der Waals surface area contributed by atoms with Gasteiger partial charge in [-0.05, 0) is 48.1 Å². The second-order valence-corrected chi connectivity index (χ2v) is 17.9.